The lowest BCUT2D eigenvalue weighted by Gasteiger charge is -2.40. The molecule has 0 amide bonds. The highest BCUT2D eigenvalue weighted by Gasteiger charge is 2.39. The number of rotatable bonds is 9. The molecule has 0 aromatic carbocycles. The second kappa shape index (κ2) is 10.7. The molecule has 0 aromatic rings. The summed E-state index contributed by atoms with van der Waals surface area (Å²) in [6.07, 6.45) is -0.589. The van der Waals surface area contributed by atoms with E-state index in [1.54, 1.807) is 25.8 Å². The smallest absolute Gasteiger partial charge is 0.373 e. The molecule has 2 fully saturated rings. The van der Waals surface area contributed by atoms with Crippen molar-refractivity contribution in [1.29, 1.82) is 0 Å². The highest BCUT2D eigenvalue weighted by atomic mass is 31.2. The van der Waals surface area contributed by atoms with Crippen molar-refractivity contribution in [2.45, 2.75) is 25.2 Å². The molecule has 0 bridgehead atoms. The molecule has 0 aliphatic carbocycles. The first-order chi connectivity index (χ1) is 12.7. The van der Waals surface area contributed by atoms with Crippen LogP contribution in [0.25, 0.3) is 0 Å². The predicted octanol–water partition coefficient (Wildman–Crippen LogP) is 0.986. The monoisotopic (exact) mass is 427 g/mol. The molecule has 12 heteroatoms. The van der Waals surface area contributed by atoms with Gasteiger partial charge in [-0.15, -0.1) is 4.52 Å². The van der Waals surface area contributed by atoms with Gasteiger partial charge in [0.05, 0.1) is 31.5 Å². The molecule has 0 spiro atoms. The summed E-state index contributed by atoms with van der Waals surface area (Å²) in [4.78, 5) is 2.16. The van der Waals surface area contributed by atoms with Crippen LogP contribution in [0.15, 0.2) is 0 Å². The van der Waals surface area contributed by atoms with Crippen molar-refractivity contribution in [1.82, 2.24) is 19.3 Å². The first-order valence-corrected chi connectivity index (χ1v) is 11.9. The molecule has 2 saturated heterocycles. The van der Waals surface area contributed by atoms with E-state index in [0.717, 1.165) is 13.1 Å². The molecule has 2 unspecified atom stereocenters. The summed E-state index contributed by atoms with van der Waals surface area (Å²) < 4.78 is 51.1. The van der Waals surface area contributed by atoms with Gasteiger partial charge in [-0.3, -0.25) is 4.57 Å². The maximum absolute atomic E-state index is 13.4. The lowest BCUT2D eigenvalue weighted by molar-refractivity contribution is -0.0769. The summed E-state index contributed by atoms with van der Waals surface area (Å²) in [6.45, 7) is 5.44. The summed E-state index contributed by atoms with van der Waals surface area (Å²) in [5, 5.41) is 2.85. The minimum absolute atomic E-state index is 0.105. The lowest BCUT2D eigenvalue weighted by atomic mass is 10.2. The largest absolute Gasteiger partial charge is 0.615 e. The molecule has 0 aromatic heterocycles. The fourth-order valence-corrected chi connectivity index (χ4v) is 5.34. The van der Waals surface area contributed by atoms with E-state index in [9.17, 15) is 9.13 Å². The molecule has 2 rings (SSSR count). The van der Waals surface area contributed by atoms with E-state index in [4.69, 9.17) is 18.5 Å². The van der Waals surface area contributed by atoms with Crippen LogP contribution in [0, 0.1) is 0 Å². The maximum atomic E-state index is 13.4. The van der Waals surface area contributed by atoms with Crippen LogP contribution in [-0.2, 0) is 27.7 Å². The van der Waals surface area contributed by atoms with Gasteiger partial charge in [-0.05, 0) is 25.6 Å². The molecular weight excluding hydrogens is 394 g/mol. The topological polar surface area (TPSA) is 92.8 Å². The SMILES string of the molecule is CNP(=O)(OC[C@@H]1CN(C)CCO1)N1C[C@@H](CO[P+](=O)N(C)C)O[C@@H](C)C1. The fraction of sp³-hybridized carbons (Fsp3) is 1.00. The zero-order valence-electron chi connectivity index (χ0n) is 16.9. The van der Waals surface area contributed by atoms with Crippen molar-refractivity contribution in [3.8, 4) is 0 Å². The predicted molar refractivity (Wildman–Crippen MR) is 103 cm³/mol. The molecule has 2 aliphatic heterocycles. The van der Waals surface area contributed by atoms with E-state index in [1.165, 1.54) is 4.67 Å². The second-order valence-corrected chi connectivity index (χ2v) is 11.0. The van der Waals surface area contributed by atoms with Crippen molar-refractivity contribution < 1.29 is 27.7 Å². The highest BCUT2D eigenvalue weighted by molar-refractivity contribution is 7.54. The van der Waals surface area contributed by atoms with Gasteiger partial charge in [-0.2, -0.15) is 0 Å². The van der Waals surface area contributed by atoms with Crippen LogP contribution in [-0.4, -0.2) is 107 Å². The van der Waals surface area contributed by atoms with E-state index in [0.29, 0.717) is 19.7 Å². The Balaban J connectivity index is 1.92. The second-order valence-electron chi connectivity index (χ2n) is 7.12. The minimum atomic E-state index is -3.24. The first-order valence-electron chi connectivity index (χ1n) is 9.15. The molecule has 2 aliphatic rings. The third kappa shape index (κ3) is 7.08. The van der Waals surface area contributed by atoms with Crippen LogP contribution in [0.3, 0.4) is 0 Å². The minimum Gasteiger partial charge on any atom is -0.373 e. The van der Waals surface area contributed by atoms with Gasteiger partial charge >= 0.3 is 15.8 Å². The average molecular weight is 427 g/mol. The molecule has 1 N–H and O–H groups in total. The fourth-order valence-electron chi connectivity index (χ4n) is 3.03. The van der Waals surface area contributed by atoms with E-state index >= 15 is 0 Å². The number of hydrogen-bond donors (Lipinski definition) is 1. The molecule has 0 saturated carbocycles. The van der Waals surface area contributed by atoms with Crippen molar-refractivity contribution in [3.05, 3.63) is 0 Å². The van der Waals surface area contributed by atoms with Gasteiger partial charge in [-0.25, -0.2) is 9.76 Å². The van der Waals surface area contributed by atoms with Crippen molar-refractivity contribution in [2.24, 2.45) is 0 Å². The Morgan fingerprint density at radius 3 is 2.63 bits per heavy atom. The zero-order valence-corrected chi connectivity index (χ0v) is 18.7. The normalized spacial score (nSPS) is 31.0. The van der Waals surface area contributed by atoms with Gasteiger partial charge in [0.2, 0.25) is 0 Å². The van der Waals surface area contributed by atoms with Crippen LogP contribution < -0.4 is 5.09 Å². The molecule has 158 valence electrons. The zero-order chi connectivity index (χ0) is 20.0. The molecule has 2 heterocycles. The molecular formula is C15H33N4O6P2+. The Hall–Kier alpha value is 0.01000. The van der Waals surface area contributed by atoms with E-state index in [2.05, 4.69) is 9.99 Å². The lowest BCUT2D eigenvalue weighted by Crippen LogP contribution is -2.48. The number of morpholine rings is 2. The van der Waals surface area contributed by atoms with Crippen LogP contribution in [0.1, 0.15) is 6.92 Å². The van der Waals surface area contributed by atoms with Crippen LogP contribution in [0.2, 0.25) is 0 Å². The van der Waals surface area contributed by atoms with E-state index in [1.807, 2.05) is 14.0 Å². The Bertz CT molecular complexity index is 540. The van der Waals surface area contributed by atoms with Gasteiger partial charge in [0.25, 0.3) is 0 Å². The van der Waals surface area contributed by atoms with Gasteiger partial charge in [-0.1, -0.05) is 4.67 Å². The van der Waals surface area contributed by atoms with Gasteiger partial charge in [0.1, 0.15) is 6.61 Å². The van der Waals surface area contributed by atoms with Crippen LogP contribution in [0.5, 0.6) is 0 Å². The maximum Gasteiger partial charge on any atom is 0.615 e. The standard InChI is InChI=1S/C15H33N4O6P2/c1-13-8-19(10-15(25-13)11-23-26(20)17(3)4)27(21,16-2)24-12-14-9-18(5)6-7-22-14/h13-15H,6-12H2,1-5H3,(H,16,21)/q+1/t13-,14-,15-,27?/m0/s1. The first kappa shape index (κ1) is 23.3. The Morgan fingerprint density at radius 1 is 1.26 bits per heavy atom. The molecule has 0 radical (unpaired) electrons. The summed E-state index contributed by atoms with van der Waals surface area (Å²) in [5.41, 5.74) is 0. The van der Waals surface area contributed by atoms with E-state index < -0.39 is 15.8 Å². The van der Waals surface area contributed by atoms with Crippen molar-refractivity contribution in [3.63, 3.8) is 0 Å². The van der Waals surface area contributed by atoms with E-state index in [-0.39, 0.29) is 31.5 Å². The molecule has 5 atom stereocenters. The van der Waals surface area contributed by atoms with Gasteiger partial charge in [0.15, 0.2) is 0 Å². The van der Waals surface area contributed by atoms with Crippen molar-refractivity contribution >= 4 is 15.8 Å². The van der Waals surface area contributed by atoms with Gasteiger partial charge < -0.3 is 18.9 Å². The number of likely N-dealkylation sites (N-methyl/N-ethyl adjacent to an activating group) is 1. The number of nitrogens with zero attached hydrogens (tertiary/aromatic N) is 3. The third-order valence-electron chi connectivity index (χ3n) is 4.44. The van der Waals surface area contributed by atoms with Crippen LogP contribution in [0.4, 0.5) is 0 Å². The Labute approximate surface area is 162 Å². The number of hydrogen-bond acceptors (Lipinski definition) is 7. The highest BCUT2D eigenvalue weighted by Crippen LogP contribution is 2.47. The average Bonchev–Trinajstić information content (AvgIpc) is 2.63. The van der Waals surface area contributed by atoms with Crippen molar-refractivity contribution in [2.75, 3.05) is 74.2 Å². The number of nitrogens with one attached hydrogen (secondary N) is 1. The van der Waals surface area contributed by atoms with Crippen LogP contribution >= 0.6 is 15.8 Å². The summed E-state index contributed by atoms with van der Waals surface area (Å²) >= 11 is 0. The quantitative estimate of drug-likeness (QED) is 0.537. The number of ether oxygens (including phenoxy) is 2. The Morgan fingerprint density at radius 2 is 2.00 bits per heavy atom. The Kier molecular flexibility index (Phi) is 9.22. The summed E-state index contributed by atoms with van der Waals surface area (Å²) in [7, 11) is 1.89. The summed E-state index contributed by atoms with van der Waals surface area (Å²) in [5.74, 6) is 0. The molecule has 10 nitrogen and oxygen atoms in total. The van der Waals surface area contributed by atoms with Gasteiger partial charge in [0, 0.05) is 40.3 Å². The third-order valence-corrected chi connectivity index (χ3v) is 7.60. The molecule has 27 heavy (non-hydrogen) atoms. The summed E-state index contributed by atoms with van der Waals surface area (Å²) in [6, 6.07) is 0.